The van der Waals surface area contributed by atoms with Gasteiger partial charge in [0.15, 0.2) is 0 Å². The van der Waals surface area contributed by atoms with Crippen molar-refractivity contribution < 1.29 is 17.4 Å². The first-order valence-corrected chi connectivity index (χ1v) is 4.24. The van der Waals surface area contributed by atoms with Crippen molar-refractivity contribution in [2.24, 2.45) is 5.73 Å². The van der Waals surface area contributed by atoms with Crippen LogP contribution in [0.4, 0.5) is 0 Å². The lowest BCUT2D eigenvalue weighted by molar-refractivity contribution is 0.386. The summed E-state index contributed by atoms with van der Waals surface area (Å²) in [5.74, 6) is 0.317. The summed E-state index contributed by atoms with van der Waals surface area (Å²) in [6, 6.07) is 2.54. The third kappa shape index (κ3) is 1.79. The smallest absolute Gasteiger partial charge is 0.328 e. The van der Waals surface area contributed by atoms with Crippen LogP contribution in [0, 0.1) is 0 Å². The zero-order valence-electron chi connectivity index (χ0n) is 5.52. The highest BCUT2D eigenvalue weighted by Gasteiger charge is 2.13. The Hall–Kier alpha value is -0.850. The number of nitrogens with two attached hydrogens (primary N) is 1. The van der Waals surface area contributed by atoms with E-state index in [0.717, 1.165) is 6.07 Å². The van der Waals surface area contributed by atoms with Crippen molar-refractivity contribution in [2.75, 3.05) is 0 Å². The van der Waals surface area contributed by atoms with Gasteiger partial charge in [0.1, 0.15) is 5.76 Å². The summed E-state index contributed by atoms with van der Waals surface area (Å²) >= 11 is 0. The molecule has 0 aliphatic carbocycles. The Morgan fingerprint density at radius 2 is 2.18 bits per heavy atom. The molecule has 0 radical (unpaired) electrons. The second-order valence-electron chi connectivity index (χ2n) is 1.90. The van der Waals surface area contributed by atoms with Gasteiger partial charge in [-0.3, -0.25) is 4.55 Å². The second kappa shape index (κ2) is 2.65. The molecule has 6 heteroatoms. The maximum Gasteiger partial charge on any atom is 0.328 e. The van der Waals surface area contributed by atoms with Crippen molar-refractivity contribution in [1.82, 2.24) is 0 Å². The first kappa shape index (κ1) is 8.25. The van der Waals surface area contributed by atoms with E-state index in [4.69, 9.17) is 10.3 Å². The van der Waals surface area contributed by atoms with Crippen molar-refractivity contribution in [2.45, 2.75) is 11.6 Å². The predicted octanol–water partition coefficient (Wildman–Crippen LogP) is -0.0150. The first-order valence-electron chi connectivity index (χ1n) is 2.80. The molecule has 0 aromatic carbocycles. The van der Waals surface area contributed by atoms with E-state index < -0.39 is 15.2 Å². The molecule has 1 aromatic heterocycles. The van der Waals surface area contributed by atoms with Crippen molar-refractivity contribution >= 4 is 10.1 Å². The molecule has 1 aromatic rings. The topological polar surface area (TPSA) is 93.5 Å². The van der Waals surface area contributed by atoms with Gasteiger partial charge < -0.3 is 10.2 Å². The van der Waals surface area contributed by atoms with Crippen LogP contribution in [0.5, 0.6) is 0 Å². The van der Waals surface area contributed by atoms with Crippen LogP contribution in [0.1, 0.15) is 5.76 Å². The Labute approximate surface area is 63.6 Å². The van der Waals surface area contributed by atoms with E-state index in [1.165, 1.54) is 6.07 Å². The van der Waals surface area contributed by atoms with E-state index in [9.17, 15) is 8.42 Å². The third-order valence-corrected chi connectivity index (χ3v) is 1.82. The molecule has 3 N–H and O–H groups in total. The largest absolute Gasteiger partial charge is 0.446 e. The van der Waals surface area contributed by atoms with E-state index >= 15 is 0 Å². The lowest BCUT2D eigenvalue weighted by atomic mass is 10.5. The average molecular weight is 177 g/mol. The molecule has 0 fully saturated rings. The van der Waals surface area contributed by atoms with E-state index in [1.807, 2.05) is 0 Å². The fourth-order valence-corrected chi connectivity index (χ4v) is 1.06. The summed E-state index contributed by atoms with van der Waals surface area (Å²) in [5.41, 5.74) is 5.14. The van der Waals surface area contributed by atoms with E-state index in [1.54, 1.807) is 0 Å². The van der Waals surface area contributed by atoms with Crippen molar-refractivity contribution in [3.05, 3.63) is 17.9 Å². The molecule has 62 valence electrons. The summed E-state index contributed by atoms with van der Waals surface area (Å²) < 4.78 is 33.8. The number of hydrogen-bond acceptors (Lipinski definition) is 4. The fraction of sp³-hybridized carbons (Fsp3) is 0.200. The van der Waals surface area contributed by atoms with E-state index in [-0.39, 0.29) is 6.54 Å². The van der Waals surface area contributed by atoms with Crippen LogP contribution in [0.25, 0.3) is 0 Å². The Balaban J connectivity index is 3.09. The average Bonchev–Trinajstić information content (AvgIpc) is 2.32. The van der Waals surface area contributed by atoms with Crippen molar-refractivity contribution in [1.29, 1.82) is 0 Å². The highest BCUT2D eigenvalue weighted by Crippen LogP contribution is 2.12. The van der Waals surface area contributed by atoms with Crippen LogP contribution in [0.3, 0.4) is 0 Å². The predicted molar refractivity (Wildman–Crippen MR) is 36.4 cm³/mol. The van der Waals surface area contributed by atoms with Gasteiger partial charge in [-0.15, -0.1) is 0 Å². The molecule has 5 nitrogen and oxygen atoms in total. The summed E-state index contributed by atoms with van der Waals surface area (Å²) in [7, 11) is -4.21. The maximum atomic E-state index is 10.4. The summed E-state index contributed by atoms with van der Waals surface area (Å²) in [6.07, 6.45) is 0. The third-order valence-electron chi connectivity index (χ3n) is 1.09. The molecule has 0 amide bonds. The monoisotopic (exact) mass is 177 g/mol. The van der Waals surface area contributed by atoms with E-state index in [2.05, 4.69) is 4.42 Å². The number of rotatable bonds is 2. The zero-order valence-corrected chi connectivity index (χ0v) is 6.34. The Bertz CT molecular complexity index is 339. The summed E-state index contributed by atoms with van der Waals surface area (Å²) in [6.45, 7) is 0.107. The Morgan fingerprint density at radius 3 is 2.45 bits per heavy atom. The van der Waals surface area contributed by atoms with Gasteiger partial charge in [-0.2, -0.15) is 8.42 Å². The molecule has 0 saturated heterocycles. The summed E-state index contributed by atoms with van der Waals surface area (Å²) in [4.78, 5) is 0. The lowest BCUT2D eigenvalue weighted by Crippen LogP contribution is -1.96. The van der Waals surface area contributed by atoms with Crippen molar-refractivity contribution in [3.63, 3.8) is 0 Å². The van der Waals surface area contributed by atoms with Gasteiger partial charge in [0.05, 0.1) is 6.54 Å². The van der Waals surface area contributed by atoms with Crippen LogP contribution in [-0.4, -0.2) is 13.0 Å². The lowest BCUT2D eigenvalue weighted by Gasteiger charge is -1.88. The highest BCUT2D eigenvalue weighted by molar-refractivity contribution is 7.85. The van der Waals surface area contributed by atoms with Crippen molar-refractivity contribution in [3.8, 4) is 0 Å². The van der Waals surface area contributed by atoms with Crippen LogP contribution < -0.4 is 5.73 Å². The summed E-state index contributed by atoms with van der Waals surface area (Å²) in [5, 5.41) is -0.474. The van der Waals surface area contributed by atoms with Crippen LogP contribution in [0.15, 0.2) is 21.6 Å². The molecular formula is C5H7NO4S. The van der Waals surface area contributed by atoms with Crippen LogP contribution in [0.2, 0.25) is 0 Å². The minimum atomic E-state index is -4.21. The maximum absolute atomic E-state index is 10.4. The van der Waals surface area contributed by atoms with E-state index in [0.29, 0.717) is 5.76 Å². The van der Waals surface area contributed by atoms with Gasteiger partial charge in [0.25, 0.3) is 0 Å². The molecule has 11 heavy (non-hydrogen) atoms. The standard InChI is InChI=1S/C5H7NO4S/c6-3-4-1-2-5(10-4)11(7,8)9/h1-2H,3,6H2,(H,7,8,9). The normalized spacial score (nSPS) is 11.8. The SMILES string of the molecule is NCc1ccc(S(=O)(=O)O)o1. The quantitative estimate of drug-likeness (QED) is 0.619. The molecule has 0 spiro atoms. The minimum Gasteiger partial charge on any atom is -0.446 e. The Kier molecular flexibility index (Phi) is 1.99. The molecule has 0 aliphatic heterocycles. The van der Waals surface area contributed by atoms with Gasteiger partial charge in [0.2, 0.25) is 5.09 Å². The fourth-order valence-electron chi connectivity index (χ4n) is 0.607. The molecule has 0 atom stereocenters. The highest BCUT2D eigenvalue weighted by atomic mass is 32.2. The zero-order chi connectivity index (χ0) is 8.48. The Morgan fingerprint density at radius 1 is 1.55 bits per heavy atom. The van der Waals surface area contributed by atoms with Gasteiger partial charge >= 0.3 is 10.1 Å². The molecule has 0 aliphatic rings. The molecule has 0 bridgehead atoms. The molecule has 1 heterocycles. The van der Waals surface area contributed by atoms with Gasteiger partial charge in [0, 0.05) is 0 Å². The molecule has 0 saturated carbocycles. The number of hydrogen-bond donors (Lipinski definition) is 2. The van der Waals surface area contributed by atoms with Gasteiger partial charge in [-0.1, -0.05) is 0 Å². The second-order valence-corrected chi connectivity index (χ2v) is 3.25. The minimum absolute atomic E-state index is 0.107. The van der Waals surface area contributed by atoms with Gasteiger partial charge in [-0.25, -0.2) is 0 Å². The number of furan rings is 1. The molecule has 1 rings (SSSR count). The van der Waals surface area contributed by atoms with Crippen LogP contribution in [-0.2, 0) is 16.7 Å². The molecular weight excluding hydrogens is 170 g/mol. The van der Waals surface area contributed by atoms with Gasteiger partial charge in [-0.05, 0) is 12.1 Å². The van der Waals surface area contributed by atoms with Crippen LogP contribution >= 0.6 is 0 Å². The first-order chi connectivity index (χ1) is 5.04. The molecule has 0 unspecified atom stereocenters.